The van der Waals surface area contributed by atoms with Crippen LogP contribution in [0.15, 0.2) is 29.4 Å². The first-order valence-corrected chi connectivity index (χ1v) is 14.4. The van der Waals surface area contributed by atoms with Crippen LogP contribution >= 0.6 is 0 Å². The second-order valence-corrected chi connectivity index (χ2v) is 13.0. The number of hydrogen-bond donors (Lipinski definition) is 1. The molecular formula is C31H41NO6. The number of Topliss-reactive ketones (excluding diaryl/α,β-unsaturated/α-hetero) is 1. The molecule has 4 saturated carbocycles. The Morgan fingerprint density at radius 2 is 1.82 bits per heavy atom. The molecule has 1 aliphatic heterocycles. The van der Waals surface area contributed by atoms with Crippen molar-refractivity contribution < 1.29 is 29.0 Å². The van der Waals surface area contributed by atoms with E-state index in [1.165, 1.54) is 6.92 Å². The molecule has 6 rings (SSSR count). The van der Waals surface area contributed by atoms with Crippen molar-refractivity contribution in [2.75, 3.05) is 13.7 Å². The van der Waals surface area contributed by atoms with Gasteiger partial charge in [0.05, 0.1) is 18.7 Å². The summed E-state index contributed by atoms with van der Waals surface area (Å²) in [7, 11) is 1.65. The molecule has 9 atom stereocenters. The largest absolute Gasteiger partial charge is 0.497 e. The lowest BCUT2D eigenvalue weighted by molar-refractivity contribution is -0.188. The zero-order valence-electron chi connectivity index (χ0n) is 23.1. The van der Waals surface area contributed by atoms with Gasteiger partial charge < -0.3 is 19.4 Å². The van der Waals surface area contributed by atoms with E-state index < -0.39 is 12.2 Å². The zero-order valence-corrected chi connectivity index (χ0v) is 23.1. The van der Waals surface area contributed by atoms with E-state index in [0.29, 0.717) is 23.7 Å². The molecule has 0 saturated heterocycles. The fourth-order valence-electron chi connectivity index (χ4n) is 9.95. The number of aliphatic hydroxyl groups excluding tert-OH is 1. The third-order valence-corrected chi connectivity index (χ3v) is 11.7. The van der Waals surface area contributed by atoms with Crippen molar-refractivity contribution in [2.45, 2.75) is 83.8 Å². The third-order valence-electron chi connectivity index (χ3n) is 11.7. The second kappa shape index (κ2) is 9.07. The first-order chi connectivity index (χ1) is 18.2. The van der Waals surface area contributed by atoms with E-state index in [2.05, 4.69) is 19.0 Å². The molecule has 5 aliphatic rings. The van der Waals surface area contributed by atoms with E-state index in [4.69, 9.17) is 14.3 Å². The monoisotopic (exact) mass is 523 g/mol. The van der Waals surface area contributed by atoms with Gasteiger partial charge in [-0.05, 0) is 105 Å². The Hall–Kier alpha value is -2.41. The maximum atomic E-state index is 13.6. The summed E-state index contributed by atoms with van der Waals surface area (Å²) in [5, 5.41) is 14.7. The van der Waals surface area contributed by atoms with Gasteiger partial charge in [-0.2, -0.15) is 0 Å². The second-order valence-electron chi connectivity index (χ2n) is 13.0. The highest BCUT2D eigenvalue weighted by Crippen LogP contribution is 2.71. The summed E-state index contributed by atoms with van der Waals surface area (Å²) < 4.78 is 11.0. The van der Waals surface area contributed by atoms with E-state index in [0.717, 1.165) is 68.4 Å². The van der Waals surface area contributed by atoms with Crippen LogP contribution in [0.1, 0.15) is 77.7 Å². The van der Waals surface area contributed by atoms with Gasteiger partial charge >= 0.3 is 5.97 Å². The molecule has 1 aromatic carbocycles. The van der Waals surface area contributed by atoms with Gasteiger partial charge in [-0.1, -0.05) is 19.0 Å². The number of carbonyl (C=O) groups is 2. The highest BCUT2D eigenvalue weighted by Gasteiger charge is 2.75. The minimum Gasteiger partial charge on any atom is -0.497 e. The molecule has 4 aliphatic carbocycles. The minimum atomic E-state index is -1.11. The number of carbonyl (C=O) groups excluding carboxylic acids is 2. The Kier molecular flexibility index (Phi) is 6.17. The number of oxime groups is 1. The molecule has 1 aromatic rings. The molecule has 1 N–H and O–H groups in total. The Labute approximate surface area is 225 Å². The van der Waals surface area contributed by atoms with E-state index in [1.807, 2.05) is 24.3 Å². The lowest BCUT2D eigenvalue weighted by atomic mass is 9.44. The van der Waals surface area contributed by atoms with Crippen LogP contribution in [-0.4, -0.2) is 48.0 Å². The summed E-state index contributed by atoms with van der Waals surface area (Å²) in [5.41, 5.74) is 0.497. The van der Waals surface area contributed by atoms with Crippen LogP contribution in [0.25, 0.3) is 0 Å². The van der Waals surface area contributed by atoms with E-state index in [-0.39, 0.29) is 34.6 Å². The number of rotatable bonds is 5. The number of aliphatic hydroxyl groups is 1. The smallest absolute Gasteiger partial charge is 0.302 e. The van der Waals surface area contributed by atoms with Crippen molar-refractivity contribution in [2.24, 2.45) is 45.6 Å². The summed E-state index contributed by atoms with van der Waals surface area (Å²) in [6.45, 7) is 5.70. The first-order valence-electron chi connectivity index (χ1n) is 14.4. The van der Waals surface area contributed by atoms with Gasteiger partial charge in [0.15, 0.2) is 0 Å². The van der Waals surface area contributed by atoms with Crippen LogP contribution in [0.4, 0.5) is 0 Å². The highest BCUT2D eigenvalue weighted by atomic mass is 16.7. The third kappa shape index (κ3) is 3.46. The van der Waals surface area contributed by atoms with Gasteiger partial charge in [0, 0.05) is 17.9 Å². The van der Waals surface area contributed by atoms with Crippen molar-refractivity contribution in [3.63, 3.8) is 0 Å². The molecule has 7 nitrogen and oxygen atoms in total. The molecular weight excluding hydrogens is 482 g/mol. The number of ether oxygens (including phenoxy) is 2. The number of methoxy groups -OCH3 is 1. The van der Waals surface area contributed by atoms with Crippen molar-refractivity contribution in [1.82, 2.24) is 0 Å². The van der Waals surface area contributed by atoms with E-state index >= 15 is 0 Å². The molecule has 7 heteroatoms. The quantitative estimate of drug-likeness (QED) is 0.550. The number of nitrogens with zero attached hydrogens (tertiary/aromatic N) is 1. The summed E-state index contributed by atoms with van der Waals surface area (Å²) in [5.74, 6) is 2.17. The summed E-state index contributed by atoms with van der Waals surface area (Å²) in [6.07, 6.45) is 8.09. The predicted molar refractivity (Wildman–Crippen MR) is 142 cm³/mol. The molecule has 38 heavy (non-hydrogen) atoms. The van der Waals surface area contributed by atoms with Crippen LogP contribution in [-0.2, 0) is 19.2 Å². The van der Waals surface area contributed by atoms with Gasteiger partial charge in [-0.3, -0.25) is 9.59 Å². The molecule has 3 unspecified atom stereocenters. The molecule has 0 radical (unpaired) electrons. The number of ketones is 1. The minimum absolute atomic E-state index is 0.0453. The fraction of sp³-hybridized carbons (Fsp3) is 0.710. The molecule has 0 spiro atoms. The number of fused-ring (bicyclic) bond motifs is 7. The first kappa shape index (κ1) is 25.8. The maximum Gasteiger partial charge on any atom is 0.302 e. The topological polar surface area (TPSA) is 94.4 Å². The van der Waals surface area contributed by atoms with Crippen molar-refractivity contribution >= 4 is 17.5 Å². The van der Waals surface area contributed by atoms with Gasteiger partial charge in [0.1, 0.15) is 18.5 Å². The van der Waals surface area contributed by atoms with Crippen molar-refractivity contribution in [1.29, 1.82) is 0 Å². The Bertz CT molecular complexity index is 1150. The number of hydrogen-bond acceptors (Lipinski definition) is 7. The molecule has 4 fully saturated rings. The summed E-state index contributed by atoms with van der Waals surface area (Å²) in [6, 6.07) is 7.81. The number of esters is 1. The normalized spacial score (nSPS) is 43.0. The predicted octanol–water partition coefficient (Wildman–Crippen LogP) is 4.93. The molecule has 0 bridgehead atoms. The molecule has 0 amide bonds. The van der Waals surface area contributed by atoms with Crippen molar-refractivity contribution in [3.8, 4) is 5.75 Å². The van der Waals surface area contributed by atoms with Crippen LogP contribution in [0, 0.1) is 40.4 Å². The van der Waals surface area contributed by atoms with E-state index in [1.54, 1.807) is 7.11 Å². The lowest BCUT2D eigenvalue weighted by Crippen LogP contribution is -2.60. The van der Waals surface area contributed by atoms with Gasteiger partial charge in [-0.25, -0.2) is 0 Å². The fourth-order valence-corrected chi connectivity index (χ4v) is 9.95. The van der Waals surface area contributed by atoms with Crippen LogP contribution in [0.3, 0.4) is 0 Å². The lowest BCUT2D eigenvalue weighted by Gasteiger charge is -2.61. The molecule has 1 heterocycles. The van der Waals surface area contributed by atoms with Crippen LogP contribution in [0.2, 0.25) is 0 Å². The Morgan fingerprint density at radius 3 is 2.50 bits per heavy atom. The Balaban J connectivity index is 1.32. The molecule has 206 valence electrons. The zero-order chi connectivity index (χ0) is 26.9. The van der Waals surface area contributed by atoms with Gasteiger partial charge in [0.2, 0.25) is 11.4 Å². The van der Waals surface area contributed by atoms with Crippen LogP contribution in [0.5, 0.6) is 5.75 Å². The average Bonchev–Trinajstić information content (AvgIpc) is 3.42. The Morgan fingerprint density at radius 1 is 1.05 bits per heavy atom. The highest BCUT2D eigenvalue weighted by molar-refractivity contribution is 6.08. The number of benzene rings is 1. The van der Waals surface area contributed by atoms with E-state index in [9.17, 15) is 14.7 Å². The SMILES string of the molecule is COc1ccc(C2=NO[C@]3(C(=O)CO)[C@H]2CC2C4CC[C@H]5C[C@@H](OC(C)=O)CC[C@]5(C)C4CC[C@@]23C)cc1. The summed E-state index contributed by atoms with van der Waals surface area (Å²) in [4.78, 5) is 31.5. The maximum absolute atomic E-state index is 13.6. The standard InChI is InChI=1S/C31H41NO6/c1-18(34)37-22-11-13-29(2)20(15-22)7-10-23-24(29)12-14-30(3)25(23)16-26-28(19-5-8-21(36-4)9-6-19)32-38-31(26,30)27(35)17-33/h5-6,8-9,20,22-26,33H,7,10-17H2,1-4H3/t20-,22-,23?,24?,25?,26-,29-,30-,31-/m0/s1. The van der Waals surface area contributed by atoms with Crippen LogP contribution < -0.4 is 4.74 Å². The summed E-state index contributed by atoms with van der Waals surface area (Å²) >= 11 is 0. The van der Waals surface area contributed by atoms with Gasteiger partial charge in [0.25, 0.3) is 0 Å². The van der Waals surface area contributed by atoms with Gasteiger partial charge in [-0.15, -0.1) is 0 Å². The molecule has 0 aromatic heterocycles. The van der Waals surface area contributed by atoms with Crippen molar-refractivity contribution in [3.05, 3.63) is 29.8 Å². The average molecular weight is 524 g/mol.